The molecule has 0 spiro atoms. The van der Waals surface area contributed by atoms with Gasteiger partial charge in [-0.15, -0.1) is 0 Å². The zero-order valence-corrected chi connectivity index (χ0v) is 15.2. The van der Waals surface area contributed by atoms with Crippen LogP contribution in [0.15, 0.2) is 48.5 Å². The van der Waals surface area contributed by atoms with Gasteiger partial charge in [0.05, 0.1) is 4.92 Å². The number of nitro groups is 1. The van der Waals surface area contributed by atoms with Crippen LogP contribution in [0.4, 0.5) is 5.69 Å². The van der Waals surface area contributed by atoms with E-state index in [0.29, 0.717) is 5.56 Å². The summed E-state index contributed by atoms with van der Waals surface area (Å²) >= 11 is 17.6. The molecule has 0 saturated heterocycles. The maximum atomic E-state index is 12.3. The summed E-state index contributed by atoms with van der Waals surface area (Å²) in [4.78, 5) is 22.5. The van der Waals surface area contributed by atoms with Crippen molar-refractivity contribution in [2.75, 3.05) is 0 Å². The normalized spacial score (nSPS) is 12.3. The van der Waals surface area contributed by atoms with E-state index in [-0.39, 0.29) is 11.4 Å². The SMILES string of the molecule is Cc1cccc(C(=O)N[C@H](Oc2ccc([N+](=O)[O-])cc2)C(Cl)(Cl)Cl)c1. The predicted molar refractivity (Wildman–Crippen MR) is 96.4 cm³/mol. The highest BCUT2D eigenvalue weighted by molar-refractivity contribution is 6.68. The first-order chi connectivity index (χ1) is 11.7. The monoisotopic (exact) mass is 402 g/mol. The number of benzene rings is 2. The van der Waals surface area contributed by atoms with Crippen molar-refractivity contribution in [3.05, 3.63) is 69.8 Å². The highest BCUT2D eigenvalue weighted by atomic mass is 35.6. The van der Waals surface area contributed by atoms with Crippen LogP contribution in [0.2, 0.25) is 0 Å². The highest BCUT2D eigenvalue weighted by Gasteiger charge is 2.36. The molecular formula is C16H13Cl3N2O4. The summed E-state index contributed by atoms with van der Waals surface area (Å²) in [7, 11) is 0. The number of rotatable bonds is 5. The van der Waals surface area contributed by atoms with Crippen LogP contribution in [0, 0.1) is 17.0 Å². The van der Waals surface area contributed by atoms with E-state index in [2.05, 4.69) is 5.32 Å². The first-order valence-electron chi connectivity index (χ1n) is 7.02. The molecule has 0 bridgehead atoms. The van der Waals surface area contributed by atoms with Crippen LogP contribution >= 0.6 is 34.8 Å². The third kappa shape index (κ3) is 5.49. The van der Waals surface area contributed by atoms with Gasteiger partial charge in [-0.25, -0.2) is 0 Å². The van der Waals surface area contributed by atoms with Gasteiger partial charge in [0.15, 0.2) is 0 Å². The van der Waals surface area contributed by atoms with Gasteiger partial charge in [-0.05, 0) is 31.2 Å². The van der Waals surface area contributed by atoms with Gasteiger partial charge in [-0.1, -0.05) is 52.5 Å². The van der Waals surface area contributed by atoms with Crippen LogP contribution in [0.5, 0.6) is 5.75 Å². The number of aryl methyl sites for hydroxylation is 1. The predicted octanol–water partition coefficient (Wildman–Crippen LogP) is 4.41. The molecule has 9 heteroatoms. The molecule has 0 aliphatic rings. The molecular weight excluding hydrogens is 391 g/mol. The maximum absolute atomic E-state index is 12.3. The van der Waals surface area contributed by atoms with Crippen molar-refractivity contribution in [3.63, 3.8) is 0 Å². The van der Waals surface area contributed by atoms with E-state index in [1.54, 1.807) is 18.2 Å². The topological polar surface area (TPSA) is 81.5 Å². The summed E-state index contributed by atoms with van der Waals surface area (Å²) in [5, 5.41) is 13.2. The number of nitrogens with one attached hydrogen (secondary N) is 1. The molecule has 6 nitrogen and oxygen atoms in total. The van der Waals surface area contributed by atoms with Crippen LogP contribution < -0.4 is 10.1 Å². The standard InChI is InChI=1S/C16H13Cl3N2O4/c1-10-3-2-4-11(9-10)14(22)20-15(16(17,18)19)25-13-7-5-12(6-8-13)21(23)24/h2-9,15H,1H3,(H,20,22)/t15-/m1/s1. The third-order valence-electron chi connectivity index (χ3n) is 3.14. The Labute approximate surface area is 158 Å². The molecule has 0 aromatic heterocycles. The van der Waals surface area contributed by atoms with Crippen LogP contribution in [-0.2, 0) is 0 Å². The van der Waals surface area contributed by atoms with Crippen LogP contribution in [0.1, 0.15) is 15.9 Å². The Balaban J connectivity index is 2.16. The van der Waals surface area contributed by atoms with Crippen molar-refractivity contribution in [2.45, 2.75) is 16.9 Å². The number of carbonyl (C=O) groups is 1. The van der Waals surface area contributed by atoms with Crippen molar-refractivity contribution in [3.8, 4) is 5.75 Å². The Kier molecular flexibility index (Phi) is 6.11. The Bertz CT molecular complexity index is 776. The number of nitro benzene ring substituents is 1. The second-order valence-electron chi connectivity index (χ2n) is 5.13. The zero-order chi connectivity index (χ0) is 18.6. The highest BCUT2D eigenvalue weighted by Crippen LogP contribution is 2.32. The molecule has 1 amide bonds. The van der Waals surface area contributed by atoms with E-state index in [9.17, 15) is 14.9 Å². The van der Waals surface area contributed by atoms with Crippen molar-refractivity contribution < 1.29 is 14.5 Å². The number of non-ortho nitro benzene ring substituents is 1. The lowest BCUT2D eigenvalue weighted by Crippen LogP contribution is -2.47. The number of alkyl halides is 3. The fraction of sp³-hybridized carbons (Fsp3) is 0.188. The lowest BCUT2D eigenvalue weighted by Gasteiger charge is -2.26. The van der Waals surface area contributed by atoms with Crippen molar-refractivity contribution in [2.24, 2.45) is 0 Å². The van der Waals surface area contributed by atoms with Gasteiger partial charge < -0.3 is 10.1 Å². The molecule has 0 aliphatic heterocycles. The van der Waals surface area contributed by atoms with E-state index in [1.165, 1.54) is 24.3 Å². The van der Waals surface area contributed by atoms with Crippen molar-refractivity contribution >= 4 is 46.4 Å². The molecule has 0 radical (unpaired) electrons. The molecule has 0 heterocycles. The van der Waals surface area contributed by atoms with Gasteiger partial charge >= 0.3 is 0 Å². The number of hydrogen-bond donors (Lipinski definition) is 1. The molecule has 132 valence electrons. The molecule has 1 atom stereocenters. The van der Waals surface area contributed by atoms with Gasteiger partial charge in [0.1, 0.15) is 5.75 Å². The number of halogens is 3. The molecule has 2 aromatic carbocycles. The van der Waals surface area contributed by atoms with Gasteiger partial charge in [-0.2, -0.15) is 0 Å². The molecule has 0 unspecified atom stereocenters. The molecule has 2 aromatic rings. The van der Waals surface area contributed by atoms with E-state index in [4.69, 9.17) is 39.5 Å². The fourth-order valence-corrected chi connectivity index (χ4v) is 2.25. The van der Waals surface area contributed by atoms with Crippen LogP contribution in [0.3, 0.4) is 0 Å². The summed E-state index contributed by atoms with van der Waals surface area (Å²) in [6.45, 7) is 1.84. The zero-order valence-electron chi connectivity index (χ0n) is 12.9. The Hall–Kier alpha value is -2.02. The average Bonchev–Trinajstić information content (AvgIpc) is 2.53. The lowest BCUT2D eigenvalue weighted by molar-refractivity contribution is -0.384. The molecule has 0 aliphatic carbocycles. The van der Waals surface area contributed by atoms with Gasteiger partial charge in [-0.3, -0.25) is 14.9 Å². The molecule has 1 N–H and O–H groups in total. The number of ether oxygens (including phenoxy) is 1. The molecule has 0 fully saturated rings. The summed E-state index contributed by atoms with van der Waals surface area (Å²) in [6, 6.07) is 12.0. The van der Waals surface area contributed by atoms with Crippen molar-refractivity contribution in [1.29, 1.82) is 0 Å². The van der Waals surface area contributed by atoms with Gasteiger partial charge in [0.2, 0.25) is 10.0 Å². The summed E-state index contributed by atoms with van der Waals surface area (Å²) in [6.07, 6.45) is -1.30. The molecule has 0 saturated carbocycles. The number of hydrogen-bond acceptors (Lipinski definition) is 4. The lowest BCUT2D eigenvalue weighted by atomic mass is 10.1. The summed E-state index contributed by atoms with van der Waals surface area (Å²) in [5.41, 5.74) is 1.17. The second-order valence-corrected chi connectivity index (χ2v) is 7.50. The van der Waals surface area contributed by atoms with Crippen LogP contribution in [0.25, 0.3) is 0 Å². The first kappa shape index (κ1) is 19.3. The van der Waals surface area contributed by atoms with Crippen molar-refractivity contribution in [1.82, 2.24) is 5.32 Å². The third-order valence-corrected chi connectivity index (χ3v) is 3.74. The van der Waals surface area contributed by atoms with Crippen LogP contribution in [-0.4, -0.2) is 20.9 Å². The number of amides is 1. The molecule has 25 heavy (non-hydrogen) atoms. The van der Waals surface area contributed by atoms with E-state index in [0.717, 1.165) is 5.56 Å². The Morgan fingerprint density at radius 2 is 1.84 bits per heavy atom. The Morgan fingerprint density at radius 1 is 1.20 bits per heavy atom. The molecule has 2 rings (SSSR count). The Morgan fingerprint density at radius 3 is 2.36 bits per heavy atom. The maximum Gasteiger partial charge on any atom is 0.269 e. The van der Waals surface area contributed by atoms with E-state index in [1.807, 2.05) is 13.0 Å². The van der Waals surface area contributed by atoms with E-state index >= 15 is 0 Å². The minimum absolute atomic E-state index is 0.110. The van der Waals surface area contributed by atoms with Gasteiger partial charge in [0.25, 0.3) is 11.6 Å². The fourth-order valence-electron chi connectivity index (χ4n) is 1.95. The second kappa shape index (κ2) is 7.91. The average molecular weight is 404 g/mol. The smallest absolute Gasteiger partial charge is 0.269 e. The largest absolute Gasteiger partial charge is 0.466 e. The minimum Gasteiger partial charge on any atom is -0.466 e. The minimum atomic E-state index is -1.96. The summed E-state index contributed by atoms with van der Waals surface area (Å²) < 4.78 is 3.53. The quantitative estimate of drug-likeness (QED) is 0.347. The first-order valence-corrected chi connectivity index (χ1v) is 8.15. The summed E-state index contributed by atoms with van der Waals surface area (Å²) in [5.74, 6) is -0.284. The van der Waals surface area contributed by atoms with E-state index < -0.39 is 20.9 Å². The van der Waals surface area contributed by atoms with Gasteiger partial charge in [0, 0.05) is 17.7 Å². The number of carbonyl (C=O) groups excluding carboxylic acids is 1. The number of nitrogens with zero attached hydrogens (tertiary/aromatic N) is 1.